The zero-order valence-electron chi connectivity index (χ0n) is 17.5. The molecule has 0 aliphatic carbocycles. The van der Waals surface area contributed by atoms with Crippen LogP contribution >= 0.6 is 11.8 Å². The van der Waals surface area contributed by atoms with E-state index in [9.17, 15) is 4.79 Å². The topological polar surface area (TPSA) is 78.1 Å². The molecule has 4 aromatic rings. The summed E-state index contributed by atoms with van der Waals surface area (Å²) in [7, 11) is 0. The molecule has 5 nitrogen and oxygen atoms in total. The number of amides is 1. The van der Waals surface area contributed by atoms with Crippen LogP contribution in [0.5, 0.6) is 0 Å². The molecule has 6 heteroatoms. The number of aliphatic imine (C=N–C) groups is 1. The van der Waals surface area contributed by atoms with Crippen LogP contribution in [0.3, 0.4) is 0 Å². The van der Waals surface area contributed by atoms with E-state index in [0.29, 0.717) is 17.7 Å². The van der Waals surface area contributed by atoms with Gasteiger partial charge in [0.05, 0.1) is 35.3 Å². The van der Waals surface area contributed by atoms with Gasteiger partial charge in [0.1, 0.15) is 0 Å². The third-order valence-electron chi connectivity index (χ3n) is 5.26. The van der Waals surface area contributed by atoms with Crippen LogP contribution in [0.1, 0.15) is 32.7 Å². The van der Waals surface area contributed by atoms with Crippen molar-refractivity contribution in [3.05, 3.63) is 119 Å². The Hall–Kier alpha value is -4.21. The second-order valence-corrected chi connectivity index (χ2v) is 8.52. The van der Waals surface area contributed by atoms with E-state index in [1.54, 1.807) is 30.1 Å². The lowest BCUT2D eigenvalue weighted by atomic mass is 10.0. The van der Waals surface area contributed by atoms with Crippen molar-refractivity contribution in [2.45, 2.75) is 16.3 Å². The van der Waals surface area contributed by atoms with E-state index < -0.39 is 0 Å². The van der Waals surface area contributed by atoms with Crippen molar-refractivity contribution in [1.82, 2.24) is 10.3 Å². The lowest BCUT2D eigenvalue weighted by molar-refractivity contribution is 0.0950. The number of pyridine rings is 1. The Labute approximate surface area is 195 Å². The van der Waals surface area contributed by atoms with E-state index in [0.717, 1.165) is 38.0 Å². The number of carbonyl (C=O) groups is 1. The smallest absolute Gasteiger partial charge is 0.251 e. The van der Waals surface area contributed by atoms with Gasteiger partial charge in [-0.05, 0) is 48.5 Å². The molecule has 0 saturated carbocycles. The fourth-order valence-electron chi connectivity index (χ4n) is 3.58. The molecule has 158 valence electrons. The first-order valence-corrected chi connectivity index (χ1v) is 11.2. The van der Waals surface area contributed by atoms with Crippen molar-refractivity contribution in [1.29, 1.82) is 5.26 Å². The standard InChI is InChI=1S/C27H18N4OS/c28-16-18-8-10-19(11-9-18)26-22-6-1-2-7-24(22)33-25-13-12-20(15-23(25)31-26)27(32)30-17-21-5-3-4-14-29-21/h1-15H,17H2,(H,30,32). The minimum absolute atomic E-state index is 0.176. The molecule has 2 heterocycles. The predicted molar refractivity (Wildman–Crippen MR) is 129 cm³/mol. The van der Waals surface area contributed by atoms with Gasteiger partial charge < -0.3 is 5.32 Å². The average Bonchev–Trinajstić information content (AvgIpc) is 3.04. The Morgan fingerprint density at radius 1 is 0.939 bits per heavy atom. The fraction of sp³-hybridized carbons (Fsp3) is 0.0370. The number of benzene rings is 3. The molecule has 3 aromatic carbocycles. The van der Waals surface area contributed by atoms with Gasteiger partial charge in [0.15, 0.2) is 0 Å². The van der Waals surface area contributed by atoms with E-state index >= 15 is 0 Å². The van der Waals surface area contributed by atoms with Crippen molar-refractivity contribution in [3.63, 3.8) is 0 Å². The summed E-state index contributed by atoms with van der Waals surface area (Å²) in [6, 6.07) is 28.9. The third kappa shape index (κ3) is 4.40. The Bertz CT molecular complexity index is 1410. The molecule has 1 amide bonds. The molecule has 0 spiro atoms. The van der Waals surface area contributed by atoms with Crippen LogP contribution in [0.25, 0.3) is 0 Å². The number of rotatable bonds is 4. The number of aromatic nitrogens is 1. The van der Waals surface area contributed by atoms with Gasteiger partial charge in [0.25, 0.3) is 5.91 Å². The van der Waals surface area contributed by atoms with Gasteiger partial charge >= 0.3 is 0 Å². The van der Waals surface area contributed by atoms with Crippen LogP contribution in [0, 0.1) is 11.3 Å². The van der Waals surface area contributed by atoms with E-state index in [2.05, 4.69) is 22.4 Å². The molecule has 1 aromatic heterocycles. The van der Waals surface area contributed by atoms with Crippen molar-refractivity contribution in [2.75, 3.05) is 0 Å². The van der Waals surface area contributed by atoms with Crippen molar-refractivity contribution >= 4 is 29.1 Å². The van der Waals surface area contributed by atoms with E-state index in [4.69, 9.17) is 10.3 Å². The van der Waals surface area contributed by atoms with Gasteiger partial charge in [-0.25, -0.2) is 4.99 Å². The lowest BCUT2D eigenvalue weighted by Gasteiger charge is -2.09. The zero-order chi connectivity index (χ0) is 22.6. The van der Waals surface area contributed by atoms with Crippen LogP contribution in [-0.2, 0) is 6.54 Å². The minimum atomic E-state index is -0.176. The van der Waals surface area contributed by atoms with Gasteiger partial charge in [-0.3, -0.25) is 9.78 Å². The molecule has 33 heavy (non-hydrogen) atoms. The summed E-state index contributed by atoms with van der Waals surface area (Å²) in [6.45, 7) is 0.358. The second kappa shape index (κ2) is 9.11. The predicted octanol–water partition coefficient (Wildman–Crippen LogP) is 5.52. The molecule has 0 atom stereocenters. The Morgan fingerprint density at radius 3 is 2.55 bits per heavy atom. The third-order valence-corrected chi connectivity index (χ3v) is 6.40. The summed E-state index contributed by atoms with van der Waals surface area (Å²) < 4.78 is 0. The maximum Gasteiger partial charge on any atom is 0.251 e. The van der Waals surface area contributed by atoms with Crippen LogP contribution < -0.4 is 5.32 Å². The number of hydrogen-bond acceptors (Lipinski definition) is 5. The highest BCUT2D eigenvalue weighted by Crippen LogP contribution is 2.41. The minimum Gasteiger partial charge on any atom is -0.346 e. The number of fused-ring (bicyclic) bond motifs is 2. The Balaban J connectivity index is 1.52. The van der Waals surface area contributed by atoms with Gasteiger partial charge in [0, 0.05) is 32.7 Å². The lowest BCUT2D eigenvalue weighted by Crippen LogP contribution is -2.23. The summed E-state index contributed by atoms with van der Waals surface area (Å²) in [5.74, 6) is -0.176. The molecule has 0 radical (unpaired) electrons. The van der Waals surface area contributed by atoms with E-state index in [1.807, 2.05) is 66.7 Å². The van der Waals surface area contributed by atoms with Crippen LogP contribution in [0.2, 0.25) is 0 Å². The quantitative estimate of drug-likeness (QED) is 0.394. The first kappa shape index (κ1) is 20.7. The molecule has 1 aliphatic heterocycles. The van der Waals surface area contributed by atoms with Crippen LogP contribution in [-0.4, -0.2) is 16.6 Å². The number of nitriles is 1. The first-order chi connectivity index (χ1) is 16.2. The molecule has 0 bridgehead atoms. The summed E-state index contributed by atoms with van der Waals surface area (Å²) >= 11 is 1.63. The van der Waals surface area contributed by atoms with Crippen molar-refractivity contribution in [2.24, 2.45) is 4.99 Å². The SMILES string of the molecule is N#Cc1ccc(C2=Nc3cc(C(=O)NCc4ccccn4)ccc3Sc3ccccc32)cc1. The van der Waals surface area contributed by atoms with E-state index in [1.165, 1.54) is 0 Å². The highest BCUT2D eigenvalue weighted by Gasteiger charge is 2.20. The highest BCUT2D eigenvalue weighted by atomic mass is 32.2. The van der Waals surface area contributed by atoms with Crippen molar-refractivity contribution < 1.29 is 4.79 Å². The first-order valence-electron chi connectivity index (χ1n) is 10.4. The summed E-state index contributed by atoms with van der Waals surface area (Å²) in [5, 5.41) is 12.1. The summed E-state index contributed by atoms with van der Waals surface area (Å²) in [6.07, 6.45) is 1.71. The maximum absolute atomic E-state index is 12.8. The molecule has 0 fully saturated rings. The monoisotopic (exact) mass is 446 g/mol. The maximum atomic E-state index is 12.8. The molecule has 1 aliphatic rings. The average molecular weight is 447 g/mol. The Kier molecular flexibility index (Phi) is 5.71. The van der Waals surface area contributed by atoms with Crippen LogP contribution in [0.15, 0.2) is 106 Å². The summed E-state index contributed by atoms with van der Waals surface area (Å²) in [5.41, 5.74) is 5.42. The molecule has 0 saturated heterocycles. The number of nitrogens with one attached hydrogen (secondary N) is 1. The normalized spacial score (nSPS) is 11.9. The summed E-state index contributed by atoms with van der Waals surface area (Å²) in [4.78, 5) is 24.1. The zero-order valence-corrected chi connectivity index (χ0v) is 18.3. The Morgan fingerprint density at radius 2 is 1.76 bits per heavy atom. The van der Waals surface area contributed by atoms with Crippen molar-refractivity contribution in [3.8, 4) is 6.07 Å². The van der Waals surface area contributed by atoms with Gasteiger partial charge in [-0.1, -0.05) is 48.2 Å². The molecular weight excluding hydrogens is 428 g/mol. The number of carbonyl (C=O) groups excluding carboxylic acids is 1. The van der Waals surface area contributed by atoms with E-state index in [-0.39, 0.29) is 5.91 Å². The van der Waals surface area contributed by atoms with Crippen LogP contribution in [0.4, 0.5) is 5.69 Å². The molecule has 5 rings (SSSR count). The second-order valence-electron chi connectivity index (χ2n) is 7.43. The van der Waals surface area contributed by atoms with Gasteiger partial charge in [-0.15, -0.1) is 0 Å². The molecule has 0 unspecified atom stereocenters. The molecular formula is C27H18N4OS. The largest absolute Gasteiger partial charge is 0.346 e. The number of nitrogens with zero attached hydrogens (tertiary/aromatic N) is 3. The van der Waals surface area contributed by atoms with Gasteiger partial charge in [0.2, 0.25) is 0 Å². The fourth-order valence-corrected chi connectivity index (χ4v) is 4.58. The van der Waals surface area contributed by atoms with Gasteiger partial charge in [-0.2, -0.15) is 5.26 Å². The number of hydrogen-bond donors (Lipinski definition) is 1. The molecule has 1 N–H and O–H groups in total. The highest BCUT2D eigenvalue weighted by molar-refractivity contribution is 7.99.